The fourth-order valence-electron chi connectivity index (χ4n) is 1.75. The van der Waals surface area contributed by atoms with E-state index >= 15 is 0 Å². The summed E-state index contributed by atoms with van der Waals surface area (Å²) in [7, 11) is 0. The largest absolute Gasteiger partial charge is 0.466 e. The molecule has 1 aromatic heterocycles. The molecule has 0 radical (unpaired) electrons. The number of thiazole rings is 1. The molecule has 1 heterocycles. The molecule has 1 aromatic carbocycles. The number of carbonyl (C=O) groups excluding carboxylic acids is 1. The average molecular weight is 409 g/mol. The standard InChI is InChI=1S/C14H12BrF3N2O2S/c1-2-22-12(21)6-9-7-23-13(20-9)19-8-3-4-11(15)10(5-8)14(16,17)18/h3-5,7H,2,6H2,1H3,(H,19,20). The normalized spacial score (nSPS) is 11.3. The lowest BCUT2D eigenvalue weighted by Crippen LogP contribution is -2.08. The first-order chi connectivity index (χ1) is 10.8. The number of benzene rings is 1. The highest BCUT2D eigenvalue weighted by molar-refractivity contribution is 9.10. The van der Waals surface area contributed by atoms with E-state index in [1.807, 2.05) is 0 Å². The molecule has 0 saturated carbocycles. The van der Waals surface area contributed by atoms with Crippen LogP contribution in [-0.4, -0.2) is 17.6 Å². The number of anilines is 2. The van der Waals surface area contributed by atoms with Crippen molar-refractivity contribution >= 4 is 44.1 Å². The lowest BCUT2D eigenvalue weighted by atomic mass is 10.2. The predicted octanol–water partition coefficient (Wildman–Crippen LogP) is 4.77. The lowest BCUT2D eigenvalue weighted by molar-refractivity contribution is -0.142. The number of hydrogen-bond donors (Lipinski definition) is 1. The van der Waals surface area contributed by atoms with E-state index in [0.717, 1.165) is 6.07 Å². The van der Waals surface area contributed by atoms with Crippen molar-refractivity contribution in [3.8, 4) is 0 Å². The van der Waals surface area contributed by atoms with Crippen molar-refractivity contribution in [2.45, 2.75) is 19.5 Å². The van der Waals surface area contributed by atoms with Crippen molar-refractivity contribution in [1.29, 1.82) is 0 Å². The molecule has 0 bridgehead atoms. The summed E-state index contributed by atoms with van der Waals surface area (Å²) in [6.45, 7) is 1.99. The Morgan fingerprint density at radius 1 is 1.43 bits per heavy atom. The van der Waals surface area contributed by atoms with Crippen molar-refractivity contribution in [3.05, 3.63) is 39.3 Å². The van der Waals surface area contributed by atoms with Crippen LogP contribution < -0.4 is 5.32 Å². The number of alkyl halides is 3. The molecule has 2 rings (SSSR count). The molecule has 0 aliphatic heterocycles. The van der Waals surface area contributed by atoms with Gasteiger partial charge in [-0.15, -0.1) is 11.3 Å². The van der Waals surface area contributed by atoms with Crippen LogP contribution in [0.15, 0.2) is 28.1 Å². The van der Waals surface area contributed by atoms with Gasteiger partial charge in [-0.1, -0.05) is 15.9 Å². The fourth-order valence-corrected chi connectivity index (χ4v) is 2.95. The average Bonchev–Trinajstić information content (AvgIpc) is 2.87. The van der Waals surface area contributed by atoms with Crippen LogP contribution in [-0.2, 0) is 22.1 Å². The summed E-state index contributed by atoms with van der Waals surface area (Å²) in [5.74, 6) is -0.396. The minimum absolute atomic E-state index is 0.0279. The molecule has 0 spiro atoms. The Hall–Kier alpha value is -1.61. The molecular weight excluding hydrogens is 397 g/mol. The molecule has 0 saturated heterocycles. The molecule has 0 aliphatic carbocycles. The smallest absolute Gasteiger partial charge is 0.417 e. The third kappa shape index (κ3) is 4.93. The van der Waals surface area contributed by atoms with Crippen LogP contribution in [0.2, 0.25) is 0 Å². The molecule has 9 heteroatoms. The molecular formula is C14H12BrF3N2O2S. The second kappa shape index (κ2) is 7.31. The second-order valence-electron chi connectivity index (χ2n) is 4.44. The molecule has 0 amide bonds. The van der Waals surface area contributed by atoms with E-state index in [1.54, 1.807) is 12.3 Å². The highest BCUT2D eigenvalue weighted by atomic mass is 79.9. The first-order valence-corrected chi connectivity index (χ1v) is 8.20. The van der Waals surface area contributed by atoms with Crippen LogP contribution in [0.1, 0.15) is 18.2 Å². The Bertz CT molecular complexity index is 704. The number of nitrogens with one attached hydrogen (secondary N) is 1. The highest BCUT2D eigenvalue weighted by Crippen LogP contribution is 2.37. The van der Waals surface area contributed by atoms with Crippen LogP contribution in [0, 0.1) is 0 Å². The first-order valence-electron chi connectivity index (χ1n) is 6.53. The number of esters is 1. The van der Waals surface area contributed by atoms with E-state index in [4.69, 9.17) is 4.74 Å². The van der Waals surface area contributed by atoms with Gasteiger partial charge in [-0.05, 0) is 25.1 Å². The van der Waals surface area contributed by atoms with Gasteiger partial charge in [-0.3, -0.25) is 4.79 Å². The van der Waals surface area contributed by atoms with Crippen molar-refractivity contribution in [3.63, 3.8) is 0 Å². The zero-order valence-corrected chi connectivity index (χ0v) is 14.3. The predicted molar refractivity (Wildman–Crippen MR) is 84.9 cm³/mol. The minimum Gasteiger partial charge on any atom is -0.466 e. The van der Waals surface area contributed by atoms with E-state index in [2.05, 4.69) is 26.2 Å². The zero-order valence-electron chi connectivity index (χ0n) is 11.9. The van der Waals surface area contributed by atoms with E-state index in [-0.39, 0.29) is 23.2 Å². The van der Waals surface area contributed by atoms with Gasteiger partial charge in [0.2, 0.25) is 0 Å². The van der Waals surface area contributed by atoms with Gasteiger partial charge in [0.25, 0.3) is 0 Å². The van der Waals surface area contributed by atoms with Crippen LogP contribution in [0.4, 0.5) is 24.0 Å². The summed E-state index contributed by atoms with van der Waals surface area (Å²) in [6, 6.07) is 3.82. The van der Waals surface area contributed by atoms with Crippen molar-refractivity contribution in [2.24, 2.45) is 0 Å². The number of nitrogens with zero attached hydrogens (tertiary/aromatic N) is 1. The highest BCUT2D eigenvalue weighted by Gasteiger charge is 2.33. The Balaban J connectivity index is 2.11. The van der Waals surface area contributed by atoms with Crippen LogP contribution in [0.3, 0.4) is 0 Å². The monoisotopic (exact) mass is 408 g/mol. The number of carbonyl (C=O) groups is 1. The summed E-state index contributed by atoms with van der Waals surface area (Å²) in [5.41, 5.74) is -0.00697. The third-order valence-electron chi connectivity index (χ3n) is 2.71. The van der Waals surface area contributed by atoms with Crippen LogP contribution in [0.25, 0.3) is 0 Å². The molecule has 0 unspecified atom stereocenters. The van der Waals surface area contributed by atoms with Gasteiger partial charge >= 0.3 is 12.1 Å². The zero-order chi connectivity index (χ0) is 17.0. The molecule has 0 atom stereocenters. The molecule has 4 nitrogen and oxygen atoms in total. The lowest BCUT2D eigenvalue weighted by Gasteiger charge is -2.11. The van der Waals surface area contributed by atoms with Crippen LogP contribution >= 0.6 is 27.3 Å². The molecule has 0 aliphatic rings. The maximum Gasteiger partial charge on any atom is 0.417 e. The summed E-state index contributed by atoms with van der Waals surface area (Å²) in [4.78, 5) is 15.5. The van der Waals surface area contributed by atoms with Crippen molar-refractivity contribution in [1.82, 2.24) is 4.98 Å². The Labute approximate surface area is 142 Å². The third-order valence-corrected chi connectivity index (χ3v) is 4.20. The number of rotatable bonds is 5. The topological polar surface area (TPSA) is 51.2 Å². The van der Waals surface area contributed by atoms with Gasteiger partial charge in [0.1, 0.15) is 0 Å². The summed E-state index contributed by atoms with van der Waals surface area (Å²) >= 11 is 4.08. The van der Waals surface area contributed by atoms with E-state index < -0.39 is 17.7 Å². The van der Waals surface area contributed by atoms with E-state index in [1.165, 1.54) is 23.5 Å². The number of ether oxygens (including phenoxy) is 1. The fraction of sp³-hybridized carbons (Fsp3) is 0.286. The number of hydrogen-bond acceptors (Lipinski definition) is 5. The van der Waals surface area contributed by atoms with Crippen molar-refractivity contribution in [2.75, 3.05) is 11.9 Å². The molecule has 2 aromatic rings. The Kier molecular flexibility index (Phi) is 5.64. The number of aromatic nitrogens is 1. The maximum atomic E-state index is 12.9. The molecule has 124 valence electrons. The quantitative estimate of drug-likeness (QED) is 0.723. The Morgan fingerprint density at radius 2 is 2.17 bits per heavy atom. The van der Waals surface area contributed by atoms with Gasteiger partial charge < -0.3 is 10.1 Å². The minimum atomic E-state index is -4.45. The SMILES string of the molecule is CCOC(=O)Cc1csc(Nc2ccc(Br)c(C(F)(F)F)c2)n1. The molecule has 1 N–H and O–H groups in total. The van der Waals surface area contributed by atoms with Gasteiger partial charge in [-0.25, -0.2) is 4.98 Å². The molecule has 0 fully saturated rings. The first kappa shape index (κ1) is 17.7. The number of halogens is 4. The van der Waals surface area contributed by atoms with Gasteiger partial charge in [0.15, 0.2) is 5.13 Å². The van der Waals surface area contributed by atoms with Gasteiger partial charge in [0, 0.05) is 15.5 Å². The maximum absolute atomic E-state index is 12.9. The van der Waals surface area contributed by atoms with Crippen LogP contribution in [0.5, 0.6) is 0 Å². The second-order valence-corrected chi connectivity index (χ2v) is 6.16. The van der Waals surface area contributed by atoms with E-state index in [9.17, 15) is 18.0 Å². The van der Waals surface area contributed by atoms with E-state index in [0.29, 0.717) is 10.8 Å². The van der Waals surface area contributed by atoms with Gasteiger partial charge in [0.05, 0.1) is 24.3 Å². The Morgan fingerprint density at radius 3 is 2.83 bits per heavy atom. The molecule has 23 heavy (non-hydrogen) atoms. The van der Waals surface area contributed by atoms with Gasteiger partial charge in [-0.2, -0.15) is 13.2 Å². The summed E-state index contributed by atoms with van der Waals surface area (Å²) < 4.78 is 43.4. The summed E-state index contributed by atoms with van der Waals surface area (Å²) in [6.07, 6.45) is -4.42. The van der Waals surface area contributed by atoms with Crippen molar-refractivity contribution < 1.29 is 22.7 Å². The summed E-state index contributed by atoms with van der Waals surface area (Å²) in [5, 5.41) is 4.86.